The molecule has 0 amide bonds. The van der Waals surface area contributed by atoms with Gasteiger partial charge in [0.1, 0.15) is 0 Å². The largest absolute Gasteiger partial charge is 0.285 e. The number of hydroxylamine groups is 1. The second kappa shape index (κ2) is 6.63. The highest BCUT2D eigenvalue weighted by Gasteiger charge is 2.27. The zero-order valence-corrected chi connectivity index (χ0v) is 14.5. The number of benzene rings is 1. The summed E-state index contributed by atoms with van der Waals surface area (Å²) in [7, 11) is -3.62. The minimum atomic E-state index is -3.62. The molecule has 1 aliphatic carbocycles. The van der Waals surface area contributed by atoms with Crippen molar-refractivity contribution >= 4 is 38.3 Å². The van der Waals surface area contributed by atoms with Gasteiger partial charge in [0.15, 0.2) is 0 Å². The van der Waals surface area contributed by atoms with Gasteiger partial charge in [0.25, 0.3) is 10.1 Å². The molecule has 1 fully saturated rings. The van der Waals surface area contributed by atoms with Gasteiger partial charge in [-0.1, -0.05) is 30.9 Å². The van der Waals surface area contributed by atoms with Crippen molar-refractivity contribution in [2.45, 2.75) is 38.1 Å². The average Bonchev–Trinajstić information content (AvgIpc) is 2.52. The molecule has 2 aromatic rings. The molecule has 1 heterocycles. The molecule has 0 bridgehead atoms. The summed E-state index contributed by atoms with van der Waals surface area (Å²) in [6.45, 7) is 0. The molecule has 0 N–H and O–H groups in total. The fraction of sp³-hybridized carbons (Fsp3) is 0.438. The minimum Gasteiger partial charge on any atom is -0.256 e. The number of hydrogen-bond acceptors (Lipinski definition) is 5. The molecule has 0 aliphatic heterocycles. The molecule has 0 saturated heterocycles. The molecule has 3 rings (SSSR count). The lowest BCUT2D eigenvalue weighted by molar-refractivity contribution is 0.220. The number of rotatable bonds is 4. The SMILES string of the molecule is CS(=O)(=O)ON(c1ccnc2cc(Cl)ccc12)C1CCCCC1. The topological polar surface area (TPSA) is 59.5 Å². The maximum atomic E-state index is 11.7. The van der Waals surface area contributed by atoms with Gasteiger partial charge in [0, 0.05) is 16.6 Å². The summed E-state index contributed by atoms with van der Waals surface area (Å²) in [4.78, 5) is 4.31. The van der Waals surface area contributed by atoms with Crippen LogP contribution in [0.5, 0.6) is 0 Å². The van der Waals surface area contributed by atoms with Crippen LogP contribution in [0.25, 0.3) is 10.9 Å². The number of halogens is 1. The van der Waals surface area contributed by atoms with E-state index in [-0.39, 0.29) is 6.04 Å². The van der Waals surface area contributed by atoms with Gasteiger partial charge in [-0.25, -0.2) is 5.06 Å². The molecule has 1 aromatic carbocycles. The van der Waals surface area contributed by atoms with Gasteiger partial charge >= 0.3 is 0 Å². The van der Waals surface area contributed by atoms with Gasteiger partial charge in [-0.3, -0.25) is 4.98 Å². The Bertz CT molecular complexity index is 804. The van der Waals surface area contributed by atoms with E-state index in [0.717, 1.165) is 37.3 Å². The zero-order chi connectivity index (χ0) is 16.4. The monoisotopic (exact) mass is 354 g/mol. The Morgan fingerprint density at radius 3 is 2.65 bits per heavy atom. The summed E-state index contributed by atoms with van der Waals surface area (Å²) >= 11 is 6.03. The second-order valence-corrected chi connectivity index (χ2v) is 7.88. The van der Waals surface area contributed by atoms with Crippen molar-refractivity contribution in [3.63, 3.8) is 0 Å². The third kappa shape index (κ3) is 3.94. The van der Waals surface area contributed by atoms with Gasteiger partial charge in [0.2, 0.25) is 0 Å². The highest BCUT2D eigenvalue weighted by Crippen LogP contribution is 2.33. The van der Waals surface area contributed by atoms with Crippen LogP contribution in [-0.2, 0) is 14.4 Å². The molecule has 0 atom stereocenters. The van der Waals surface area contributed by atoms with E-state index in [2.05, 4.69) is 4.98 Å². The lowest BCUT2D eigenvalue weighted by Crippen LogP contribution is -2.38. The van der Waals surface area contributed by atoms with Crippen LogP contribution >= 0.6 is 11.6 Å². The predicted octanol–water partition coefficient (Wildman–Crippen LogP) is 3.92. The average molecular weight is 355 g/mol. The van der Waals surface area contributed by atoms with E-state index in [1.807, 2.05) is 6.07 Å². The van der Waals surface area contributed by atoms with Crippen LogP contribution < -0.4 is 5.06 Å². The third-order valence-electron chi connectivity index (χ3n) is 4.04. The first-order chi connectivity index (χ1) is 10.9. The predicted molar refractivity (Wildman–Crippen MR) is 92.0 cm³/mol. The summed E-state index contributed by atoms with van der Waals surface area (Å²) in [6.07, 6.45) is 7.86. The van der Waals surface area contributed by atoms with Gasteiger partial charge in [-0.05, 0) is 37.1 Å². The Hall–Kier alpha value is -1.37. The van der Waals surface area contributed by atoms with Crippen molar-refractivity contribution in [3.8, 4) is 0 Å². The molecule has 7 heteroatoms. The van der Waals surface area contributed by atoms with Crippen LogP contribution in [0.3, 0.4) is 0 Å². The molecule has 5 nitrogen and oxygen atoms in total. The van der Waals surface area contributed by atoms with Gasteiger partial charge in [-0.15, -0.1) is 4.28 Å². The molecule has 124 valence electrons. The fourth-order valence-electron chi connectivity index (χ4n) is 3.06. The minimum absolute atomic E-state index is 0.0414. The Kier molecular flexibility index (Phi) is 4.75. The zero-order valence-electron chi connectivity index (χ0n) is 12.9. The van der Waals surface area contributed by atoms with E-state index in [9.17, 15) is 8.42 Å². The van der Waals surface area contributed by atoms with Gasteiger partial charge < -0.3 is 0 Å². The molecular formula is C16H19ClN2O3S. The third-order valence-corrected chi connectivity index (χ3v) is 4.71. The van der Waals surface area contributed by atoms with Crippen LogP contribution in [0.2, 0.25) is 5.02 Å². The first-order valence-corrected chi connectivity index (χ1v) is 9.86. The number of nitrogens with zero attached hydrogens (tertiary/aromatic N) is 2. The fourth-order valence-corrected chi connectivity index (χ4v) is 3.72. The van der Waals surface area contributed by atoms with Crippen LogP contribution in [0.15, 0.2) is 30.5 Å². The highest BCUT2D eigenvalue weighted by molar-refractivity contribution is 7.86. The van der Waals surface area contributed by atoms with Crippen LogP contribution in [0, 0.1) is 0 Å². The molecule has 1 aromatic heterocycles. The van der Waals surface area contributed by atoms with Gasteiger partial charge in [0.05, 0.1) is 23.5 Å². The molecule has 0 unspecified atom stereocenters. The summed E-state index contributed by atoms with van der Waals surface area (Å²) < 4.78 is 28.8. The molecular weight excluding hydrogens is 336 g/mol. The van der Waals surface area contributed by atoms with E-state index in [4.69, 9.17) is 15.9 Å². The Labute approximate surface area is 141 Å². The first kappa shape index (κ1) is 16.5. The molecule has 23 heavy (non-hydrogen) atoms. The van der Waals surface area contributed by atoms with Crippen LogP contribution in [0.4, 0.5) is 5.69 Å². The molecule has 1 saturated carbocycles. The van der Waals surface area contributed by atoms with Crippen molar-refractivity contribution in [1.82, 2.24) is 4.98 Å². The lowest BCUT2D eigenvalue weighted by Gasteiger charge is -2.34. The Morgan fingerprint density at radius 2 is 1.96 bits per heavy atom. The lowest BCUT2D eigenvalue weighted by atomic mass is 9.95. The first-order valence-electron chi connectivity index (χ1n) is 7.67. The number of aromatic nitrogens is 1. The molecule has 1 aliphatic rings. The second-order valence-electron chi connectivity index (χ2n) is 5.89. The summed E-state index contributed by atoms with van der Waals surface area (Å²) in [5, 5.41) is 2.97. The summed E-state index contributed by atoms with van der Waals surface area (Å²) in [6, 6.07) is 7.21. The van der Waals surface area contributed by atoms with E-state index in [0.29, 0.717) is 16.2 Å². The standard InChI is InChI=1S/C16H19ClN2O3S/c1-23(20,21)22-19(13-5-3-2-4-6-13)16-9-10-18-15-11-12(17)7-8-14(15)16/h7-11,13H,2-6H2,1H3. The molecule has 0 spiro atoms. The summed E-state index contributed by atoms with van der Waals surface area (Å²) in [5.41, 5.74) is 1.43. The highest BCUT2D eigenvalue weighted by atomic mass is 35.5. The van der Waals surface area contributed by atoms with E-state index < -0.39 is 10.1 Å². The number of pyridine rings is 1. The smallest absolute Gasteiger partial charge is 0.256 e. The van der Waals surface area contributed by atoms with Gasteiger partial charge in [-0.2, -0.15) is 8.42 Å². The van der Waals surface area contributed by atoms with Crippen molar-refractivity contribution < 1.29 is 12.7 Å². The van der Waals surface area contributed by atoms with E-state index >= 15 is 0 Å². The summed E-state index contributed by atoms with van der Waals surface area (Å²) in [5.74, 6) is 0. The number of anilines is 1. The maximum absolute atomic E-state index is 11.7. The van der Waals surface area contributed by atoms with E-state index in [1.165, 1.54) is 6.42 Å². The Morgan fingerprint density at radius 1 is 1.22 bits per heavy atom. The van der Waals surface area contributed by atoms with Crippen molar-refractivity contribution in [3.05, 3.63) is 35.5 Å². The van der Waals surface area contributed by atoms with Crippen LogP contribution in [0.1, 0.15) is 32.1 Å². The Balaban J connectivity index is 2.08. The van der Waals surface area contributed by atoms with Crippen molar-refractivity contribution in [1.29, 1.82) is 0 Å². The number of hydrogen-bond donors (Lipinski definition) is 0. The van der Waals surface area contributed by atoms with Crippen molar-refractivity contribution in [2.75, 3.05) is 11.3 Å². The van der Waals surface area contributed by atoms with E-state index in [1.54, 1.807) is 29.5 Å². The van der Waals surface area contributed by atoms with Crippen LogP contribution in [-0.4, -0.2) is 25.7 Å². The normalized spacial score (nSPS) is 16.6. The number of fused-ring (bicyclic) bond motifs is 1. The quantitative estimate of drug-likeness (QED) is 0.779. The van der Waals surface area contributed by atoms with Crippen molar-refractivity contribution in [2.24, 2.45) is 0 Å². The molecule has 0 radical (unpaired) electrons. The maximum Gasteiger partial charge on any atom is 0.285 e.